The van der Waals surface area contributed by atoms with E-state index in [1.165, 1.54) is 12.1 Å². The number of rotatable bonds is 3. The number of furan rings is 1. The topological polar surface area (TPSA) is 74.7 Å². The van der Waals surface area contributed by atoms with Gasteiger partial charge in [-0.05, 0) is 12.1 Å². The fourth-order valence-electron chi connectivity index (χ4n) is 1.93. The van der Waals surface area contributed by atoms with E-state index in [1.807, 2.05) is 0 Å². The highest BCUT2D eigenvalue weighted by Crippen LogP contribution is 2.30. The number of nitro benzene ring substituents is 1. The summed E-state index contributed by atoms with van der Waals surface area (Å²) < 4.78 is 16.3. The quantitative estimate of drug-likeness (QED) is 0.627. The predicted molar refractivity (Wildman–Crippen MR) is 65.4 cm³/mol. The zero-order valence-electron chi connectivity index (χ0n) is 9.94. The Morgan fingerprint density at radius 1 is 1.16 bits per heavy atom. The van der Waals surface area contributed by atoms with Crippen molar-refractivity contribution in [3.63, 3.8) is 0 Å². The average molecular weight is 261 g/mol. The lowest BCUT2D eigenvalue weighted by Crippen LogP contribution is -1.94. The molecule has 6 heteroatoms. The Balaban J connectivity index is 1.89. The van der Waals surface area contributed by atoms with Crippen LogP contribution in [0.1, 0.15) is 12.1 Å². The summed E-state index contributed by atoms with van der Waals surface area (Å²) in [5.41, 5.74) is 0.683. The van der Waals surface area contributed by atoms with Gasteiger partial charge in [0.25, 0.3) is 5.69 Å². The van der Waals surface area contributed by atoms with Crippen LogP contribution >= 0.6 is 0 Å². The number of non-ortho nitro benzene ring substituents is 1. The van der Waals surface area contributed by atoms with E-state index in [1.54, 1.807) is 24.3 Å². The van der Waals surface area contributed by atoms with Crippen LogP contribution in [-0.4, -0.2) is 18.1 Å². The predicted octanol–water partition coefficient (Wildman–Crippen LogP) is 2.90. The molecule has 0 unspecified atom stereocenters. The summed E-state index contributed by atoms with van der Waals surface area (Å²) in [7, 11) is 0. The highest BCUT2D eigenvalue weighted by molar-refractivity contribution is 5.61. The maximum Gasteiger partial charge on any atom is 0.270 e. The SMILES string of the molecule is O=[N+]([O-])c1cccc(-c2ccc(C3OCCO3)o2)c1. The zero-order valence-corrected chi connectivity index (χ0v) is 9.94. The molecule has 6 nitrogen and oxygen atoms in total. The number of nitro groups is 1. The third-order valence-electron chi connectivity index (χ3n) is 2.82. The third-order valence-corrected chi connectivity index (χ3v) is 2.82. The molecule has 0 N–H and O–H groups in total. The van der Waals surface area contributed by atoms with Gasteiger partial charge in [0.15, 0.2) is 5.76 Å². The maximum atomic E-state index is 10.7. The zero-order chi connectivity index (χ0) is 13.2. The van der Waals surface area contributed by atoms with Crippen molar-refractivity contribution in [3.8, 4) is 11.3 Å². The molecule has 2 aromatic rings. The molecule has 0 atom stereocenters. The normalized spacial score (nSPS) is 15.8. The van der Waals surface area contributed by atoms with Gasteiger partial charge in [0.2, 0.25) is 6.29 Å². The van der Waals surface area contributed by atoms with Gasteiger partial charge >= 0.3 is 0 Å². The molecule has 0 spiro atoms. The van der Waals surface area contributed by atoms with Gasteiger partial charge in [-0.15, -0.1) is 0 Å². The monoisotopic (exact) mass is 261 g/mol. The molecule has 0 bridgehead atoms. The summed E-state index contributed by atoms with van der Waals surface area (Å²) in [6.07, 6.45) is -0.479. The third kappa shape index (κ3) is 2.35. The molecule has 1 aromatic heterocycles. The molecule has 1 aliphatic rings. The van der Waals surface area contributed by atoms with Crippen LogP contribution in [0.5, 0.6) is 0 Å². The van der Waals surface area contributed by atoms with Crippen molar-refractivity contribution >= 4 is 5.69 Å². The van der Waals surface area contributed by atoms with Crippen molar-refractivity contribution in [1.29, 1.82) is 0 Å². The van der Waals surface area contributed by atoms with E-state index in [4.69, 9.17) is 13.9 Å². The molecular formula is C13H11NO5. The Labute approximate surface area is 108 Å². The van der Waals surface area contributed by atoms with Gasteiger partial charge in [0, 0.05) is 17.7 Å². The van der Waals surface area contributed by atoms with Crippen molar-refractivity contribution in [1.82, 2.24) is 0 Å². The maximum absolute atomic E-state index is 10.7. The fourth-order valence-corrected chi connectivity index (χ4v) is 1.93. The molecule has 0 amide bonds. The minimum Gasteiger partial charge on any atom is -0.456 e. The van der Waals surface area contributed by atoms with Gasteiger partial charge in [-0.3, -0.25) is 10.1 Å². The standard InChI is InChI=1S/C13H11NO5/c15-14(16)10-3-1-2-9(8-10)11-4-5-12(19-11)13-17-6-7-18-13/h1-5,8,13H,6-7H2. The molecular weight excluding hydrogens is 250 g/mol. The van der Waals surface area contributed by atoms with Crippen LogP contribution in [0.15, 0.2) is 40.8 Å². The van der Waals surface area contributed by atoms with Crippen molar-refractivity contribution in [2.75, 3.05) is 13.2 Å². The summed E-state index contributed by atoms with van der Waals surface area (Å²) in [5, 5.41) is 10.7. The molecule has 1 fully saturated rings. The minimum absolute atomic E-state index is 0.0313. The number of benzene rings is 1. The van der Waals surface area contributed by atoms with Gasteiger partial charge in [0.1, 0.15) is 5.76 Å². The van der Waals surface area contributed by atoms with E-state index in [2.05, 4.69) is 0 Å². The number of nitrogens with zero attached hydrogens (tertiary/aromatic N) is 1. The summed E-state index contributed by atoms with van der Waals surface area (Å²) in [4.78, 5) is 10.3. The molecule has 1 aliphatic heterocycles. The Bertz CT molecular complexity index is 601. The summed E-state index contributed by atoms with van der Waals surface area (Å²) >= 11 is 0. The molecule has 19 heavy (non-hydrogen) atoms. The van der Waals surface area contributed by atoms with E-state index in [0.717, 1.165) is 0 Å². The Morgan fingerprint density at radius 3 is 2.68 bits per heavy atom. The lowest BCUT2D eigenvalue weighted by atomic mass is 10.1. The first-order chi connectivity index (χ1) is 9.24. The summed E-state index contributed by atoms with van der Waals surface area (Å²) in [5.74, 6) is 1.12. The molecule has 0 saturated carbocycles. The largest absolute Gasteiger partial charge is 0.456 e. The van der Waals surface area contributed by atoms with Crippen LogP contribution in [0.4, 0.5) is 5.69 Å². The van der Waals surface area contributed by atoms with E-state index >= 15 is 0 Å². The first kappa shape index (κ1) is 11.9. The van der Waals surface area contributed by atoms with Crippen LogP contribution in [0.3, 0.4) is 0 Å². The molecule has 2 heterocycles. The summed E-state index contributed by atoms with van der Waals surface area (Å²) in [6, 6.07) is 9.79. The van der Waals surface area contributed by atoms with Crippen LogP contribution in [0.2, 0.25) is 0 Å². The van der Waals surface area contributed by atoms with E-state index in [9.17, 15) is 10.1 Å². The highest BCUT2D eigenvalue weighted by atomic mass is 16.7. The van der Waals surface area contributed by atoms with Crippen molar-refractivity contribution in [2.45, 2.75) is 6.29 Å². The molecule has 1 aromatic carbocycles. The van der Waals surface area contributed by atoms with Crippen LogP contribution in [0.25, 0.3) is 11.3 Å². The molecule has 1 saturated heterocycles. The lowest BCUT2D eigenvalue weighted by molar-refractivity contribution is -0.384. The number of ether oxygens (including phenoxy) is 2. The van der Waals surface area contributed by atoms with E-state index in [0.29, 0.717) is 30.3 Å². The Kier molecular flexibility index (Phi) is 3.02. The van der Waals surface area contributed by atoms with E-state index < -0.39 is 11.2 Å². The minimum atomic E-state index is -0.479. The van der Waals surface area contributed by atoms with Gasteiger partial charge < -0.3 is 13.9 Å². The number of hydrogen-bond donors (Lipinski definition) is 0. The van der Waals surface area contributed by atoms with Crippen LogP contribution in [0, 0.1) is 10.1 Å². The van der Waals surface area contributed by atoms with Crippen molar-refractivity contribution < 1.29 is 18.8 Å². The van der Waals surface area contributed by atoms with Crippen LogP contribution in [-0.2, 0) is 9.47 Å². The van der Waals surface area contributed by atoms with Crippen LogP contribution < -0.4 is 0 Å². The smallest absolute Gasteiger partial charge is 0.270 e. The van der Waals surface area contributed by atoms with E-state index in [-0.39, 0.29) is 5.69 Å². The number of hydrogen-bond acceptors (Lipinski definition) is 5. The lowest BCUT2D eigenvalue weighted by Gasteiger charge is -2.04. The highest BCUT2D eigenvalue weighted by Gasteiger charge is 2.22. The summed E-state index contributed by atoms with van der Waals surface area (Å²) in [6.45, 7) is 1.08. The molecule has 0 aliphatic carbocycles. The van der Waals surface area contributed by atoms with Crippen molar-refractivity contribution in [2.24, 2.45) is 0 Å². The average Bonchev–Trinajstić information content (AvgIpc) is 3.09. The van der Waals surface area contributed by atoms with Crippen molar-refractivity contribution in [3.05, 3.63) is 52.3 Å². The van der Waals surface area contributed by atoms with Gasteiger partial charge in [0.05, 0.1) is 18.1 Å². The second-order valence-corrected chi connectivity index (χ2v) is 4.08. The van der Waals surface area contributed by atoms with Gasteiger partial charge in [-0.1, -0.05) is 12.1 Å². The molecule has 3 rings (SSSR count). The Hall–Kier alpha value is -2.18. The Morgan fingerprint density at radius 2 is 1.95 bits per heavy atom. The molecule has 0 radical (unpaired) electrons. The first-order valence-electron chi connectivity index (χ1n) is 5.82. The van der Waals surface area contributed by atoms with Gasteiger partial charge in [-0.2, -0.15) is 0 Å². The van der Waals surface area contributed by atoms with Gasteiger partial charge in [-0.25, -0.2) is 0 Å². The second-order valence-electron chi connectivity index (χ2n) is 4.08. The molecule has 98 valence electrons. The first-order valence-corrected chi connectivity index (χ1v) is 5.82. The fraction of sp³-hybridized carbons (Fsp3) is 0.231. The second kappa shape index (κ2) is 4.83.